The summed E-state index contributed by atoms with van der Waals surface area (Å²) in [6.07, 6.45) is 10.6. The summed E-state index contributed by atoms with van der Waals surface area (Å²) in [6, 6.07) is 66.9. The van der Waals surface area contributed by atoms with Gasteiger partial charge in [0, 0.05) is 51.9 Å². The molecule has 1 aliphatic rings. The van der Waals surface area contributed by atoms with E-state index in [-0.39, 0.29) is 0 Å². The number of dihydropyridines is 1. The molecule has 1 N–H and O–H groups in total. The van der Waals surface area contributed by atoms with Gasteiger partial charge < -0.3 is 14.5 Å². The van der Waals surface area contributed by atoms with E-state index in [9.17, 15) is 0 Å². The second kappa shape index (κ2) is 13.5. The molecule has 4 heterocycles. The number of fused-ring (bicyclic) bond motifs is 6. The SMILES string of the molecule is C1=CNCC([Si@](c2cccnc2)(c2cccc(-n3c4ccccc4c4ccccc43)c2)c2ccc3c(c2)c2ccccc2n3-c2cccc(-c3ccccc3)c2)=C1. The standard InChI is InChI=1S/C52H38N4Si/c1-2-14-37(15-3-1)38-16-10-17-39(32-38)55-51-27-9-6-24-47(51)48-34-42(28-29-52(48)55)57(43-20-12-30-53-35-43,44-21-13-31-54-36-44)41-19-11-18-40(33-41)56-49-25-7-4-22-45(49)46-23-5-8-26-50(46)56/h1-35,54H,36H2/t57-/m1/s1. The van der Waals surface area contributed by atoms with Gasteiger partial charge in [0.05, 0.1) is 22.1 Å². The van der Waals surface area contributed by atoms with Crippen LogP contribution in [0.2, 0.25) is 0 Å². The Hall–Kier alpha value is -7.21. The van der Waals surface area contributed by atoms with Crippen LogP contribution >= 0.6 is 0 Å². The minimum absolute atomic E-state index is 0.753. The van der Waals surface area contributed by atoms with E-state index in [1.807, 2.05) is 6.20 Å². The smallest absolute Gasteiger partial charge is 0.179 e. The molecule has 0 fully saturated rings. The lowest BCUT2D eigenvalue weighted by Crippen LogP contribution is -2.70. The van der Waals surface area contributed by atoms with Crippen LogP contribution in [0.15, 0.2) is 218 Å². The molecule has 7 aromatic carbocycles. The lowest BCUT2D eigenvalue weighted by molar-refractivity contribution is 0.953. The third kappa shape index (κ3) is 5.24. The normalized spacial score (nSPS) is 13.9. The highest BCUT2D eigenvalue weighted by molar-refractivity contribution is 7.16. The molecule has 0 radical (unpaired) electrons. The van der Waals surface area contributed by atoms with E-state index in [0.29, 0.717) is 0 Å². The molecule has 1 atom stereocenters. The second-order valence-corrected chi connectivity index (χ2v) is 18.7. The Kier molecular flexibility index (Phi) is 7.86. The molecule has 0 unspecified atom stereocenters. The number of aromatic nitrogens is 3. The summed E-state index contributed by atoms with van der Waals surface area (Å²) in [5.41, 5.74) is 9.50. The summed E-state index contributed by atoms with van der Waals surface area (Å²) in [5.74, 6) is 0. The monoisotopic (exact) mass is 746 g/mol. The molecule has 1 aliphatic heterocycles. The summed E-state index contributed by atoms with van der Waals surface area (Å²) >= 11 is 0. The lowest BCUT2D eigenvalue weighted by atomic mass is 10.1. The van der Waals surface area contributed by atoms with Gasteiger partial charge in [0.1, 0.15) is 0 Å². The molecule has 57 heavy (non-hydrogen) atoms. The fourth-order valence-corrected chi connectivity index (χ4v) is 14.2. The first-order valence-electron chi connectivity index (χ1n) is 19.6. The third-order valence-electron chi connectivity index (χ3n) is 11.8. The quantitative estimate of drug-likeness (QED) is 0.165. The molecule has 0 saturated heterocycles. The Bertz CT molecular complexity index is 3140. The Morgan fingerprint density at radius 2 is 1.04 bits per heavy atom. The van der Waals surface area contributed by atoms with Gasteiger partial charge in [-0.25, -0.2) is 0 Å². The molecule has 0 aliphatic carbocycles. The van der Waals surface area contributed by atoms with Crippen LogP contribution in [-0.2, 0) is 0 Å². The van der Waals surface area contributed by atoms with Crippen LogP contribution in [0.4, 0.5) is 0 Å². The van der Waals surface area contributed by atoms with Crippen LogP contribution < -0.4 is 20.9 Å². The average molecular weight is 747 g/mol. The number of nitrogens with one attached hydrogen (secondary N) is 1. The molecule has 0 saturated carbocycles. The molecule has 270 valence electrons. The molecular weight excluding hydrogens is 709 g/mol. The van der Waals surface area contributed by atoms with Gasteiger partial charge in [-0.3, -0.25) is 4.98 Å². The predicted octanol–water partition coefficient (Wildman–Crippen LogP) is 10.00. The largest absolute Gasteiger partial charge is 0.387 e. The molecule has 11 rings (SSSR count). The van der Waals surface area contributed by atoms with Crippen molar-refractivity contribution < 1.29 is 0 Å². The van der Waals surface area contributed by atoms with Gasteiger partial charge in [0.15, 0.2) is 8.07 Å². The maximum absolute atomic E-state index is 4.80. The van der Waals surface area contributed by atoms with Crippen molar-refractivity contribution >= 4 is 67.2 Å². The van der Waals surface area contributed by atoms with Crippen LogP contribution in [-0.4, -0.2) is 28.7 Å². The topological polar surface area (TPSA) is 34.8 Å². The summed E-state index contributed by atoms with van der Waals surface area (Å²) < 4.78 is 4.87. The zero-order chi connectivity index (χ0) is 37.8. The summed E-state index contributed by atoms with van der Waals surface area (Å²) in [6.45, 7) is 0.753. The maximum atomic E-state index is 4.80. The van der Waals surface area contributed by atoms with E-state index in [2.05, 4.69) is 221 Å². The Morgan fingerprint density at radius 3 is 1.70 bits per heavy atom. The van der Waals surface area contributed by atoms with Gasteiger partial charge in [-0.1, -0.05) is 133 Å². The predicted molar refractivity (Wildman–Crippen MR) is 241 cm³/mol. The van der Waals surface area contributed by atoms with E-state index < -0.39 is 8.07 Å². The number of hydrogen-bond acceptors (Lipinski definition) is 2. The van der Waals surface area contributed by atoms with Gasteiger partial charge in [-0.05, 0) is 98.8 Å². The number of allylic oxidation sites excluding steroid dienone is 2. The Balaban J connectivity index is 1.19. The van der Waals surface area contributed by atoms with Crippen molar-refractivity contribution in [2.24, 2.45) is 0 Å². The minimum Gasteiger partial charge on any atom is -0.387 e. The second-order valence-electron chi connectivity index (χ2n) is 14.8. The van der Waals surface area contributed by atoms with Gasteiger partial charge in [0.25, 0.3) is 0 Å². The van der Waals surface area contributed by atoms with E-state index in [4.69, 9.17) is 4.98 Å². The van der Waals surface area contributed by atoms with Crippen molar-refractivity contribution in [3.05, 3.63) is 218 Å². The first kappa shape index (κ1) is 33.2. The Morgan fingerprint density at radius 1 is 0.456 bits per heavy atom. The zero-order valence-corrected chi connectivity index (χ0v) is 32.3. The first-order chi connectivity index (χ1) is 28.3. The molecule has 5 heteroatoms. The molecular formula is C52H38N4Si. The molecule has 10 aromatic rings. The average Bonchev–Trinajstić information content (AvgIpc) is 3.81. The van der Waals surface area contributed by atoms with E-state index >= 15 is 0 Å². The highest BCUT2D eigenvalue weighted by atomic mass is 28.3. The third-order valence-corrected chi connectivity index (χ3v) is 16.6. The van der Waals surface area contributed by atoms with Gasteiger partial charge in [0.2, 0.25) is 0 Å². The van der Waals surface area contributed by atoms with Crippen molar-refractivity contribution in [1.29, 1.82) is 0 Å². The van der Waals surface area contributed by atoms with Crippen LogP contribution in [0, 0.1) is 0 Å². The highest BCUT2D eigenvalue weighted by Crippen LogP contribution is 2.35. The van der Waals surface area contributed by atoms with Crippen LogP contribution in [0.1, 0.15) is 0 Å². The lowest BCUT2D eigenvalue weighted by Gasteiger charge is -2.37. The molecule has 0 spiro atoms. The van der Waals surface area contributed by atoms with Crippen LogP contribution in [0.5, 0.6) is 0 Å². The van der Waals surface area contributed by atoms with Crippen LogP contribution in [0.25, 0.3) is 66.1 Å². The fourth-order valence-electron chi connectivity index (χ4n) is 9.38. The van der Waals surface area contributed by atoms with Crippen molar-refractivity contribution in [3.63, 3.8) is 0 Å². The highest BCUT2D eigenvalue weighted by Gasteiger charge is 2.44. The molecule has 0 bridgehead atoms. The number of para-hydroxylation sites is 3. The molecule has 3 aromatic heterocycles. The van der Waals surface area contributed by atoms with Crippen molar-refractivity contribution in [2.75, 3.05) is 6.54 Å². The maximum Gasteiger partial charge on any atom is 0.179 e. The summed E-state index contributed by atoms with van der Waals surface area (Å²) in [4.78, 5) is 4.80. The molecule has 0 amide bonds. The van der Waals surface area contributed by atoms with Crippen molar-refractivity contribution in [1.82, 2.24) is 19.4 Å². The number of pyridine rings is 1. The van der Waals surface area contributed by atoms with Gasteiger partial charge >= 0.3 is 0 Å². The van der Waals surface area contributed by atoms with E-state index in [0.717, 1.165) is 17.9 Å². The summed E-state index contributed by atoms with van der Waals surface area (Å²) in [7, 11) is -2.97. The summed E-state index contributed by atoms with van der Waals surface area (Å²) in [5, 5.41) is 13.9. The first-order valence-corrected chi connectivity index (χ1v) is 21.6. The number of hydrogen-bond donors (Lipinski definition) is 1. The van der Waals surface area contributed by atoms with E-state index in [1.54, 1.807) is 0 Å². The van der Waals surface area contributed by atoms with Crippen LogP contribution in [0.3, 0.4) is 0 Å². The van der Waals surface area contributed by atoms with Gasteiger partial charge in [-0.15, -0.1) is 0 Å². The zero-order valence-electron chi connectivity index (χ0n) is 31.3. The van der Waals surface area contributed by atoms with Crippen molar-refractivity contribution in [3.8, 4) is 22.5 Å². The fraction of sp³-hybridized carbons (Fsp3) is 0.0192. The number of nitrogens with zero attached hydrogens (tertiary/aromatic N) is 3. The van der Waals surface area contributed by atoms with Crippen molar-refractivity contribution in [2.45, 2.75) is 0 Å². The van der Waals surface area contributed by atoms with Gasteiger partial charge in [-0.2, -0.15) is 0 Å². The number of benzene rings is 7. The number of rotatable bonds is 7. The molecule has 4 nitrogen and oxygen atoms in total. The minimum atomic E-state index is -2.97. The van der Waals surface area contributed by atoms with E-state index in [1.165, 1.54) is 75.5 Å². The Labute approximate surface area is 332 Å².